The molecule has 0 radical (unpaired) electrons. The minimum Gasteiger partial charge on any atom is -0.450 e. The summed E-state index contributed by atoms with van der Waals surface area (Å²) in [6.07, 6.45) is 4.25. The summed E-state index contributed by atoms with van der Waals surface area (Å²) in [5.41, 5.74) is 0. The molecule has 1 unspecified atom stereocenters. The van der Waals surface area contributed by atoms with Crippen LogP contribution >= 0.6 is 0 Å². The number of ether oxygens (including phenoxy) is 1. The molecule has 4 heteroatoms. The molecule has 1 amide bonds. The number of hydrogen-bond acceptors (Lipinski definition) is 3. The van der Waals surface area contributed by atoms with E-state index in [0.717, 1.165) is 32.1 Å². The van der Waals surface area contributed by atoms with Crippen LogP contribution in [0.1, 0.15) is 52.4 Å². The molecule has 0 spiro atoms. The van der Waals surface area contributed by atoms with Gasteiger partial charge in [-0.1, -0.05) is 33.1 Å². The number of alkyl carbamates (subject to hydrolysis) is 1. The summed E-state index contributed by atoms with van der Waals surface area (Å²) in [5, 5.41) is 11.8. The van der Waals surface area contributed by atoms with Crippen LogP contribution in [0, 0.1) is 0 Å². The zero-order valence-electron chi connectivity index (χ0n) is 9.79. The highest BCUT2D eigenvalue weighted by molar-refractivity contribution is 5.67. The Morgan fingerprint density at radius 1 is 1.27 bits per heavy atom. The molecular formula is C11H23NO3. The summed E-state index contributed by atoms with van der Waals surface area (Å²) in [4.78, 5) is 11.1. The lowest BCUT2D eigenvalue weighted by molar-refractivity contribution is 0.0920. The van der Waals surface area contributed by atoms with E-state index in [1.54, 1.807) is 0 Å². The Kier molecular flexibility index (Phi) is 9.27. The SMILES string of the molecule is CCCCCC(O)NC(=O)OCCCC. The predicted molar refractivity (Wildman–Crippen MR) is 59.5 cm³/mol. The lowest BCUT2D eigenvalue weighted by atomic mass is 10.2. The Balaban J connectivity index is 3.40. The number of aliphatic hydroxyl groups excluding tert-OH is 1. The molecule has 0 aliphatic heterocycles. The average molecular weight is 217 g/mol. The second kappa shape index (κ2) is 9.77. The third kappa shape index (κ3) is 9.53. The molecule has 0 aliphatic carbocycles. The van der Waals surface area contributed by atoms with Crippen molar-refractivity contribution in [2.45, 2.75) is 58.6 Å². The minimum atomic E-state index is -0.773. The molecule has 0 saturated heterocycles. The molecule has 2 N–H and O–H groups in total. The molecule has 0 bridgehead atoms. The highest BCUT2D eigenvalue weighted by Crippen LogP contribution is 2.01. The maximum absolute atomic E-state index is 11.1. The number of hydrogen-bond donors (Lipinski definition) is 2. The number of rotatable bonds is 8. The second-order valence-electron chi connectivity index (χ2n) is 3.65. The van der Waals surface area contributed by atoms with Gasteiger partial charge in [0.25, 0.3) is 0 Å². The third-order valence-corrected chi connectivity index (χ3v) is 2.10. The van der Waals surface area contributed by atoms with Crippen molar-refractivity contribution in [2.75, 3.05) is 6.61 Å². The van der Waals surface area contributed by atoms with Gasteiger partial charge in [0.2, 0.25) is 0 Å². The standard InChI is InChI=1S/C11H23NO3/c1-3-5-7-8-10(13)12-11(14)15-9-6-4-2/h10,13H,3-9H2,1-2H3,(H,12,14). The second-order valence-corrected chi connectivity index (χ2v) is 3.65. The Hall–Kier alpha value is -0.770. The minimum absolute atomic E-state index is 0.421. The lowest BCUT2D eigenvalue weighted by Gasteiger charge is -2.12. The van der Waals surface area contributed by atoms with Crippen molar-refractivity contribution in [1.29, 1.82) is 0 Å². The molecule has 0 heterocycles. The van der Waals surface area contributed by atoms with Crippen molar-refractivity contribution in [3.63, 3.8) is 0 Å². The van der Waals surface area contributed by atoms with Crippen molar-refractivity contribution in [1.82, 2.24) is 5.32 Å². The van der Waals surface area contributed by atoms with Crippen LogP contribution in [0.2, 0.25) is 0 Å². The molecule has 0 aromatic rings. The Morgan fingerprint density at radius 2 is 1.93 bits per heavy atom. The first kappa shape index (κ1) is 14.2. The lowest BCUT2D eigenvalue weighted by Crippen LogP contribution is -2.35. The first-order chi connectivity index (χ1) is 7.20. The molecular weight excluding hydrogens is 194 g/mol. The molecule has 0 fully saturated rings. The normalized spacial score (nSPS) is 12.2. The van der Waals surface area contributed by atoms with Crippen molar-refractivity contribution >= 4 is 6.09 Å². The highest BCUT2D eigenvalue weighted by atomic mass is 16.5. The summed E-state index contributed by atoms with van der Waals surface area (Å²) in [7, 11) is 0. The molecule has 4 nitrogen and oxygen atoms in total. The monoisotopic (exact) mass is 217 g/mol. The van der Waals surface area contributed by atoms with Crippen LogP contribution in [0.5, 0.6) is 0 Å². The Morgan fingerprint density at radius 3 is 2.53 bits per heavy atom. The molecule has 0 aromatic carbocycles. The fourth-order valence-corrected chi connectivity index (χ4v) is 1.15. The van der Waals surface area contributed by atoms with Gasteiger partial charge in [-0.3, -0.25) is 5.32 Å². The van der Waals surface area contributed by atoms with Gasteiger partial charge in [0, 0.05) is 0 Å². The number of carbonyl (C=O) groups is 1. The van der Waals surface area contributed by atoms with E-state index in [4.69, 9.17) is 4.74 Å². The predicted octanol–water partition coefficient (Wildman–Crippen LogP) is 2.41. The van der Waals surface area contributed by atoms with E-state index in [2.05, 4.69) is 12.2 Å². The Bertz CT molecular complexity index is 162. The van der Waals surface area contributed by atoms with Crippen molar-refractivity contribution in [3.05, 3.63) is 0 Å². The van der Waals surface area contributed by atoms with Crippen LogP contribution in [0.4, 0.5) is 4.79 Å². The van der Waals surface area contributed by atoms with Crippen LogP contribution in [0.3, 0.4) is 0 Å². The van der Waals surface area contributed by atoms with Gasteiger partial charge in [0.05, 0.1) is 6.61 Å². The number of amides is 1. The first-order valence-corrected chi connectivity index (χ1v) is 5.82. The van der Waals surface area contributed by atoms with E-state index >= 15 is 0 Å². The maximum Gasteiger partial charge on any atom is 0.409 e. The fraction of sp³-hybridized carbons (Fsp3) is 0.909. The molecule has 1 atom stereocenters. The van der Waals surface area contributed by atoms with Crippen molar-refractivity contribution in [2.24, 2.45) is 0 Å². The molecule has 0 rings (SSSR count). The van der Waals surface area contributed by atoms with Gasteiger partial charge < -0.3 is 9.84 Å². The summed E-state index contributed by atoms with van der Waals surface area (Å²) in [6, 6.07) is 0. The van der Waals surface area contributed by atoms with Gasteiger partial charge in [0.1, 0.15) is 6.23 Å². The molecule has 0 aromatic heterocycles. The summed E-state index contributed by atoms with van der Waals surface area (Å²) in [6.45, 7) is 4.55. The van der Waals surface area contributed by atoms with Gasteiger partial charge in [-0.05, 0) is 19.3 Å². The number of aliphatic hydroxyl groups is 1. The maximum atomic E-state index is 11.1. The molecule has 15 heavy (non-hydrogen) atoms. The van der Waals surface area contributed by atoms with Gasteiger partial charge in [-0.2, -0.15) is 0 Å². The van der Waals surface area contributed by atoms with Gasteiger partial charge in [-0.25, -0.2) is 4.79 Å². The van der Waals surface area contributed by atoms with E-state index in [9.17, 15) is 9.90 Å². The third-order valence-electron chi connectivity index (χ3n) is 2.10. The van der Waals surface area contributed by atoms with E-state index in [0.29, 0.717) is 13.0 Å². The van der Waals surface area contributed by atoms with Crippen LogP contribution in [0.25, 0.3) is 0 Å². The summed E-state index contributed by atoms with van der Waals surface area (Å²) < 4.78 is 4.85. The quantitative estimate of drug-likeness (QED) is 0.485. The van der Waals surface area contributed by atoms with Gasteiger partial charge in [0.15, 0.2) is 0 Å². The van der Waals surface area contributed by atoms with Crippen LogP contribution < -0.4 is 5.32 Å². The number of unbranched alkanes of at least 4 members (excludes halogenated alkanes) is 3. The van der Waals surface area contributed by atoms with Gasteiger partial charge >= 0.3 is 6.09 Å². The van der Waals surface area contributed by atoms with Crippen LogP contribution in [0.15, 0.2) is 0 Å². The van der Waals surface area contributed by atoms with E-state index in [-0.39, 0.29) is 0 Å². The largest absolute Gasteiger partial charge is 0.450 e. The first-order valence-electron chi connectivity index (χ1n) is 5.82. The van der Waals surface area contributed by atoms with E-state index in [1.165, 1.54) is 0 Å². The van der Waals surface area contributed by atoms with E-state index in [1.807, 2.05) is 6.92 Å². The average Bonchev–Trinajstić information content (AvgIpc) is 2.18. The smallest absolute Gasteiger partial charge is 0.409 e. The highest BCUT2D eigenvalue weighted by Gasteiger charge is 2.08. The molecule has 90 valence electrons. The van der Waals surface area contributed by atoms with Crippen molar-refractivity contribution in [3.8, 4) is 0 Å². The Labute approximate surface area is 92.0 Å². The van der Waals surface area contributed by atoms with E-state index < -0.39 is 12.3 Å². The topological polar surface area (TPSA) is 58.6 Å². The number of nitrogens with one attached hydrogen (secondary N) is 1. The summed E-state index contributed by atoms with van der Waals surface area (Å²) in [5.74, 6) is 0. The summed E-state index contributed by atoms with van der Waals surface area (Å²) >= 11 is 0. The van der Waals surface area contributed by atoms with Gasteiger partial charge in [-0.15, -0.1) is 0 Å². The zero-order valence-corrected chi connectivity index (χ0v) is 9.79. The molecule has 0 saturated carbocycles. The van der Waals surface area contributed by atoms with Crippen LogP contribution in [-0.2, 0) is 4.74 Å². The van der Waals surface area contributed by atoms with Crippen molar-refractivity contribution < 1.29 is 14.6 Å². The molecule has 0 aliphatic rings. The fourth-order valence-electron chi connectivity index (χ4n) is 1.15. The number of carbonyl (C=O) groups excluding carboxylic acids is 1. The van der Waals surface area contributed by atoms with Crippen LogP contribution in [-0.4, -0.2) is 24.0 Å². The zero-order chi connectivity index (χ0) is 11.5.